The van der Waals surface area contributed by atoms with Gasteiger partial charge in [0.25, 0.3) is 0 Å². The summed E-state index contributed by atoms with van der Waals surface area (Å²) in [6, 6.07) is 14.7. The van der Waals surface area contributed by atoms with Crippen LogP contribution in [-0.4, -0.2) is 24.5 Å². The Bertz CT molecular complexity index is 1010. The number of rotatable bonds is 5. The van der Waals surface area contributed by atoms with Crippen molar-refractivity contribution in [3.8, 4) is 16.4 Å². The van der Waals surface area contributed by atoms with Crippen molar-refractivity contribution in [2.45, 2.75) is 24.8 Å². The number of nitrogens with zero attached hydrogens (tertiary/aromatic N) is 5. The fraction of sp³-hybridized carbons (Fsp3) is 0.211. The molecule has 0 aliphatic heterocycles. The van der Waals surface area contributed by atoms with Crippen LogP contribution in [0.15, 0.2) is 53.0 Å². The molecule has 0 spiro atoms. The Morgan fingerprint density at radius 2 is 1.88 bits per heavy atom. The molecule has 0 aliphatic carbocycles. The van der Waals surface area contributed by atoms with E-state index in [-0.39, 0.29) is 0 Å². The minimum absolute atomic E-state index is 0.855. The van der Waals surface area contributed by atoms with Crippen molar-refractivity contribution in [3.63, 3.8) is 0 Å². The monoisotopic (exact) mass is 381 g/mol. The van der Waals surface area contributed by atoms with E-state index in [4.69, 9.17) is 0 Å². The molecule has 0 fully saturated rings. The fourth-order valence-corrected chi connectivity index (χ4v) is 4.44. The molecule has 0 unspecified atom stereocenters. The normalized spacial score (nSPS) is 11.2. The molecule has 0 saturated heterocycles. The summed E-state index contributed by atoms with van der Waals surface area (Å²) in [4.78, 5) is 1.14. The van der Waals surface area contributed by atoms with Gasteiger partial charge < -0.3 is 4.57 Å². The Morgan fingerprint density at radius 1 is 1.08 bits per heavy atom. The summed E-state index contributed by atoms with van der Waals surface area (Å²) in [6.45, 7) is 4.09. The molecular weight excluding hydrogens is 362 g/mol. The summed E-state index contributed by atoms with van der Waals surface area (Å²) in [6.07, 6.45) is 0. The molecule has 0 radical (unpaired) electrons. The van der Waals surface area contributed by atoms with Crippen LogP contribution in [0.4, 0.5) is 0 Å². The first-order valence-electron chi connectivity index (χ1n) is 8.30. The third-order valence-electron chi connectivity index (χ3n) is 4.13. The van der Waals surface area contributed by atoms with Crippen molar-refractivity contribution in [2.24, 2.45) is 7.05 Å². The van der Waals surface area contributed by atoms with Crippen molar-refractivity contribution in [1.29, 1.82) is 0 Å². The van der Waals surface area contributed by atoms with E-state index in [1.807, 2.05) is 24.7 Å². The summed E-state index contributed by atoms with van der Waals surface area (Å²) in [5.41, 5.74) is 4.51. The quantitative estimate of drug-likeness (QED) is 0.473. The Labute approximate surface area is 160 Å². The SMILES string of the molecule is Cc1cc(C)n(-c2ccc(CSc3nnc(-c4cccs4)n3C)cc2)n1. The lowest BCUT2D eigenvalue weighted by molar-refractivity contribution is 0.794. The number of hydrogen-bond donors (Lipinski definition) is 0. The molecule has 4 aromatic rings. The minimum atomic E-state index is 0.855. The van der Waals surface area contributed by atoms with Gasteiger partial charge in [0, 0.05) is 18.5 Å². The van der Waals surface area contributed by atoms with Crippen LogP contribution in [-0.2, 0) is 12.8 Å². The molecule has 0 amide bonds. The standard InChI is InChI=1S/C19H19N5S2/c1-13-11-14(2)24(22-13)16-8-6-15(7-9-16)12-26-19-21-20-18(23(19)3)17-5-4-10-25-17/h4-11H,12H2,1-3H3. The van der Waals surface area contributed by atoms with E-state index in [9.17, 15) is 0 Å². The number of aryl methyl sites for hydroxylation is 2. The second-order valence-corrected chi connectivity index (χ2v) is 8.03. The minimum Gasteiger partial charge on any atom is -0.304 e. The van der Waals surface area contributed by atoms with Crippen LogP contribution in [0.1, 0.15) is 17.0 Å². The van der Waals surface area contributed by atoms with Gasteiger partial charge in [0.2, 0.25) is 0 Å². The van der Waals surface area contributed by atoms with Gasteiger partial charge in [-0.2, -0.15) is 5.10 Å². The topological polar surface area (TPSA) is 48.5 Å². The van der Waals surface area contributed by atoms with Crippen LogP contribution in [0, 0.1) is 13.8 Å². The first-order chi connectivity index (χ1) is 12.6. The molecular formula is C19H19N5S2. The molecule has 3 aromatic heterocycles. The van der Waals surface area contributed by atoms with Crippen LogP contribution < -0.4 is 0 Å². The van der Waals surface area contributed by atoms with Gasteiger partial charge in [-0.25, -0.2) is 4.68 Å². The van der Waals surface area contributed by atoms with E-state index in [0.717, 1.165) is 38.7 Å². The van der Waals surface area contributed by atoms with Crippen molar-refractivity contribution in [2.75, 3.05) is 0 Å². The van der Waals surface area contributed by atoms with E-state index < -0.39 is 0 Å². The van der Waals surface area contributed by atoms with Crippen LogP contribution in [0.25, 0.3) is 16.4 Å². The number of thiophene rings is 1. The van der Waals surface area contributed by atoms with Crippen molar-refractivity contribution in [1.82, 2.24) is 24.5 Å². The first kappa shape index (κ1) is 17.1. The van der Waals surface area contributed by atoms with Gasteiger partial charge in [0.1, 0.15) is 0 Å². The Kier molecular flexibility index (Phi) is 4.65. The molecule has 5 nitrogen and oxygen atoms in total. The van der Waals surface area contributed by atoms with Gasteiger partial charge in [-0.05, 0) is 49.1 Å². The summed E-state index contributed by atoms with van der Waals surface area (Å²) < 4.78 is 4.03. The lowest BCUT2D eigenvalue weighted by atomic mass is 10.2. The Morgan fingerprint density at radius 3 is 2.54 bits per heavy atom. The Hall–Kier alpha value is -2.38. The zero-order valence-corrected chi connectivity index (χ0v) is 16.5. The second kappa shape index (κ2) is 7.09. The molecule has 4 rings (SSSR count). The van der Waals surface area contributed by atoms with E-state index >= 15 is 0 Å². The smallest absolute Gasteiger partial charge is 0.191 e. The van der Waals surface area contributed by atoms with E-state index in [2.05, 4.69) is 68.6 Å². The molecule has 1 aromatic carbocycles. The molecule has 3 heterocycles. The van der Waals surface area contributed by atoms with Gasteiger partial charge in [0.15, 0.2) is 11.0 Å². The lowest BCUT2D eigenvalue weighted by Crippen LogP contribution is -1.99. The predicted molar refractivity (Wildman–Crippen MR) is 107 cm³/mol. The van der Waals surface area contributed by atoms with Gasteiger partial charge >= 0.3 is 0 Å². The maximum Gasteiger partial charge on any atom is 0.191 e. The Balaban J connectivity index is 1.46. The highest BCUT2D eigenvalue weighted by Gasteiger charge is 2.12. The average Bonchev–Trinajstić information content (AvgIpc) is 3.35. The maximum atomic E-state index is 4.53. The zero-order valence-electron chi connectivity index (χ0n) is 14.9. The first-order valence-corrected chi connectivity index (χ1v) is 10.2. The summed E-state index contributed by atoms with van der Waals surface area (Å²) >= 11 is 3.38. The lowest BCUT2D eigenvalue weighted by Gasteiger charge is -2.06. The molecule has 132 valence electrons. The fourth-order valence-electron chi connectivity index (χ4n) is 2.83. The van der Waals surface area contributed by atoms with Gasteiger partial charge in [-0.1, -0.05) is 30.0 Å². The molecule has 0 aliphatic rings. The largest absolute Gasteiger partial charge is 0.304 e. The van der Waals surface area contributed by atoms with Crippen LogP contribution in [0.5, 0.6) is 0 Å². The highest BCUT2D eigenvalue weighted by molar-refractivity contribution is 7.98. The number of benzene rings is 1. The van der Waals surface area contributed by atoms with E-state index in [1.165, 1.54) is 5.56 Å². The van der Waals surface area contributed by atoms with Gasteiger partial charge in [0.05, 0.1) is 16.3 Å². The van der Waals surface area contributed by atoms with Crippen LogP contribution >= 0.6 is 23.1 Å². The van der Waals surface area contributed by atoms with Crippen molar-refractivity contribution >= 4 is 23.1 Å². The average molecular weight is 382 g/mol. The van der Waals surface area contributed by atoms with E-state index in [1.54, 1.807) is 23.1 Å². The number of hydrogen-bond acceptors (Lipinski definition) is 5. The zero-order chi connectivity index (χ0) is 18.1. The number of thioether (sulfide) groups is 1. The van der Waals surface area contributed by atoms with Gasteiger partial charge in [-0.15, -0.1) is 21.5 Å². The highest BCUT2D eigenvalue weighted by atomic mass is 32.2. The van der Waals surface area contributed by atoms with Crippen molar-refractivity contribution in [3.05, 3.63) is 64.8 Å². The highest BCUT2D eigenvalue weighted by Crippen LogP contribution is 2.27. The molecule has 0 saturated carbocycles. The number of aromatic nitrogens is 5. The summed E-state index contributed by atoms with van der Waals surface area (Å²) in [5, 5.41) is 16.2. The molecule has 0 bridgehead atoms. The van der Waals surface area contributed by atoms with Crippen LogP contribution in [0.3, 0.4) is 0 Å². The summed E-state index contributed by atoms with van der Waals surface area (Å²) in [5.74, 6) is 1.77. The third kappa shape index (κ3) is 3.32. The molecule has 7 heteroatoms. The maximum absolute atomic E-state index is 4.53. The molecule has 0 N–H and O–H groups in total. The van der Waals surface area contributed by atoms with Gasteiger partial charge in [-0.3, -0.25) is 0 Å². The molecule has 26 heavy (non-hydrogen) atoms. The summed E-state index contributed by atoms with van der Waals surface area (Å²) in [7, 11) is 2.02. The van der Waals surface area contributed by atoms with Crippen molar-refractivity contribution < 1.29 is 0 Å². The van der Waals surface area contributed by atoms with E-state index in [0.29, 0.717) is 0 Å². The second-order valence-electron chi connectivity index (χ2n) is 6.14. The van der Waals surface area contributed by atoms with Crippen LogP contribution in [0.2, 0.25) is 0 Å². The molecule has 0 atom stereocenters. The third-order valence-corrected chi connectivity index (χ3v) is 6.09. The predicted octanol–water partition coefficient (Wildman–Crippen LogP) is 4.64.